The quantitative estimate of drug-likeness (QED) is 0.801. The summed E-state index contributed by atoms with van der Waals surface area (Å²) in [5.41, 5.74) is 1.20. The molecule has 106 valence electrons. The Morgan fingerprint density at radius 1 is 1.25 bits per heavy atom. The fourth-order valence-corrected chi connectivity index (χ4v) is 3.93. The fraction of sp³-hybridized carbons (Fsp3) is 0.556. The van der Waals surface area contributed by atoms with Gasteiger partial charge < -0.3 is 10.1 Å². The molecule has 20 heavy (non-hydrogen) atoms. The van der Waals surface area contributed by atoms with Crippen LogP contribution in [-0.4, -0.2) is 13.2 Å². The summed E-state index contributed by atoms with van der Waals surface area (Å²) in [6, 6.07) is 8.15. The van der Waals surface area contributed by atoms with E-state index >= 15 is 0 Å². The third kappa shape index (κ3) is 2.99. The molecule has 2 nitrogen and oxygen atoms in total. The van der Waals surface area contributed by atoms with Crippen LogP contribution in [0.3, 0.4) is 0 Å². The first-order valence-electron chi connectivity index (χ1n) is 7.71. The third-order valence-corrected chi connectivity index (χ3v) is 4.89. The normalized spacial score (nSPS) is 27.4. The predicted molar refractivity (Wildman–Crippen MR) is 81.4 cm³/mol. The summed E-state index contributed by atoms with van der Waals surface area (Å²) in [5, 5.41) is 3.61. The van der Waals surface area contributed by atoms with Gasteiger partial charge >= 0.3 is 0 Å². The molecule has 0 saturated heterocycles. The molecule has 2 fully saturated rings. The summed E-state index contributed by atoms with van der Waals surface area (Å²) in [6.07, 6.45) is 11.1. The van der Waals surface area contributed by atoms with Crippen molar-refractivity contribution in [3.63, 3.8) is 0 Å². The van der Waals surface area contributed by atoms with Gasteiger partial charge in [0, 0.05) is 12.1 Å². The second-order valence-corrected chi connectivity index (χ2v) is 6.17. The van der Waals surface area contributed by atoms with Gasteiger partial charge in [-0.3, -0.25) is 0 Å². The van der Waals surface area contributed by atoms with Gasteiger partial charge in [-0.25, -0.2) is 0 Å². The molecule has 3 rings (SSSR count). The van der Waals surface area contributed by atoms with E-state index in [0.29, 0.717) is 6.61 Å². The number of ether oxygens (including phenoxy) is 1. The molecule has 2 aliphatic carbocycles. The van der Waals surface area contributed by atoms with Crippen molar-refractivity contribution in [2.45, 2.75) is 32.2 Å². The maximum absolute atomic E-state index is 5.58. The minimum absolute atomic E-state index is 0.337. The maximum atomic E-state index is 5.58. The Morgan fingerprint density at radius 2 is 2.15 bits per heavy atom. The van der Waals surface area contributed by atoms with Gasteiger partial charge in [0.1, 0.15) is 12.4 Å². The highest BCUT2D eigenvalue weighted by Crippen LogP contribution is 2.47. The fourth-order valence-electron chi connectivity index (χ4n) is 3.93. The lowest BCUT2D eigenvalue weighted by Gasteiger charge is -2.22. The highest BCUT2D eigenvalue weighted by molar-refractivity contribution is 5.33. The summed E-state index contributed by atoms with van der Waals surface area (Å²) >= 11 is 0. The van der Waals surface area contributed by atoms with Gasteiger partial charge in [-0.05, 0) is 49.6 Å². The molecule has 1 N–H and O–H groups in total. The van der Waals surface area contributed by atoms with Gasteiger partial charge in [0.05, 0.1) is 0 Å². The molecule has 3 atom stereocenters. The number of terminal acetylenes is 1. The number of fused-ring (bicyclic) bond motifs is 2. The Morgan fingerprint density at radius 3 is 2.90 bits per heavy atom. The average molecular weight is 269 g/mol. The number of nitrogens with one attached hydrogen (secondary N) is 1. The van der Waals surface area contributed by atoms with E-state index < -0.39 is 0 Å². The van der Waals surface area contributed by atoms with Crippen molar-refractivity contribution in [2.24, 2.45) is 17.8 Å². The van der Waals surface area contributed by atoms with E-state index in [2.05, 4.69) is 23.4 Å². The van der Waals surface area contributed by atoms with Crippen LogP contribution in [0.5, 0.6) is 5.75 Å². The summed E-state index contributed by atoms with van der Waals surface area (Å²) < 4.78 is 5.58. The van der Waals surface area contributed by atoms with Gasteiger partial charge in [0.15, 0.2) is 0 Å². The first-order valence-corrected chi connectivity index (χ1v) is 7.71. The highest BCUT2D eigenvalue weighted by Gasteiger charge is 2.38. The first-order chi connectivity index (χ1) is 9.86. The topological polar surface area (TPSA) is 21.3 Å². The number of para-hydroxylation sites is 1. The summed E-state index contributed by atoms with van der Waals surface area (Å²) in [4.78, 5) is 0. The molecule has 3 unspecified atom stereocenters. The first kappa shape index (κ1) is 13.5. The molecule has 1 aromatic carbocycles. The van der Waals surface area contributed by atoms with Gasteiger partial charge in [0.2, 0.25) is 0 Å². The van der Waals surface area contributed by atoms with E-state index in [1.807, 2.05) is 12.1 Å². The molecule has 0 aliphatic heterocycles. The minimum atomic E-state index is 0.337. The molecular weight excluding hydrogens is 246 g/mol. The van der Waals surface area contributed by atoms with Crippen molar-refractivity contribution in [1.82, 2.24) is 5.32 Å². The molecule has 2 bridgehead atoms. The second-order valence-electron chi connectivity index (χ2n) is 6.17. The van der Waals surface area contributed by atoms with Crippen LogP contribution in [0.15, 0.2) is 24.3 Å². The van der Waals surface area contributed by atoms with E-state index in [4.69, 9.17) is 11.2 Å². The average Bonchev–Trinajstić information content (AvgIpc) is 3.09. The van der Waals surface area contributed by atoms with Crippen LogP contribution < -0.4 is 10.1 Å². The number of rotatable bonds is 6. The van der Waals surface area contributed by atoms with E-state index in [1.54, 1.807) is 0 Å². The maximum Gasteiger partial charge on any atom is 0.148 e. The Bertz CT molecular complexity index is 490. The van der Waals surface area contributed by atoms with Gasteiger partial charge in [-0.15, -0.1) is 6.42 Å². The molecule has 0 heterocycles. The lowest BCUT2D eigenvalue weighted by atomic mass is 9.89. The largest absolute Gasteiger partial charge is 0.481 e. The van der Waals surface area contributed by atoms with Crippen LogP contribution >= 0.6 is 0 Å². The van der Waals surface area contributed by atoms with Crippen molar-refractivity contribution in [2.75, 3.05) is 13.2 Å². The Kier molecular flexibility index (Phi) is 4.28. The molecule has 0 aromatic heterocycles. The van der Waals surface area contributed by atoms with Crippen LogP contribution in [-0.2, 0) is 6.54 Å². The molecule has 0 amide bonds. The summed E-state index contributed by atoms with van der Waals surface area (Å²) in [6.45, 7) is 2.35. The lowest BCUT2D eigenvalue weighted by molar-refractivity contribution is 0.316. The Labute approximate surface area is 121 Å². The molecule has 2 saturated carbocycles. The minimum Gasteiger partial charge on any atom is -0.481 e. The van der Waals surface area contributed by atoms with Crippen LogP contribution in [0.2, 0.25) is 0 Å². The molecule has 2 heteroatoms. The van der Waals surface area contributed by atoms with Crippen LogP contribution in [0.25, 0.3) is 0 Å². The number of benzene rings is 1. The lowest BCUT2D eigenvalue weighted by Crippen LogP contribution is -2.26. The standard InChI is InChI=1S/C18H23NO/c1-2-9-20-18-6-4-3-5-16(18)12-19-13-17-11-14-7-8-15(17)10-14/h1,3-6,14-15,17,19H,7-13H2. The van der Waals surface area contributed by atoms with Gasteiger partial charge in [-0.1, -0.05) is 30.5 Å². The predicted octanol–water partition coefficient (Wildman–Crippen LogP) is 3.22. The molecule has 1 aromatic rings. The molecule has 0 spiro atoms. The Hall–Kier alpha value is -1.46. The zero-order valence-corrected chi connectivity index (χ0v) is 12.0. The second kappa shape index (κ2) is 6.33. The van der Waals surface area contributed by atoms with Crippen molar-refractivity contribution in [3.05, 3.63) is 29.8 Å². The van der Waals surface area contributed by atoms with Crippen molar-refractivity contribution >= 4 is 0 Å². The third-order valence-electron chi connectivity index (χ3n) is 4.89. The van der Waals surface area contributed by atoms with Crippen molar-refractivity contribution in [1.29, 1.82) is 0 Å². The summed E-state index contributed by atoms with van der Waals surface area (Å²) in [7, 11) is 0. The smallest absolute Gasteiger partial charge is 0.148 e. The van der Waals surface area contributed by atoms with E-state index in [-0.39, 0.29) is 0 Å². The molecule has 2 aliphatic rings. The van der Waals surface area contributed by atoms with E-state index in [9.17, 15) is 0 Å². The number of hydrogen-bond donors (Lipinski definition) is 1. The van der Waals surface area contributed by atoms with Gasteiger partial charge in [0.25, 0.3) is 0 Å². The van der Waals surface area contributed by atoms with E-state index in [1.165, 1.54) is 31.2 Å². The van der Waals surface area contributed by atoms with Crippen LogP contribution in [0.1, 0.15) is 31.2 Å². The van der Waals surface area contributed by atoms with Crippen molar-refractivity contribution < 1.29 is 4.74 Å². The molecule has 0 radical (unpaired) electrons. The molecular formula is C18H23NO. The number of hydrogen-bond acceptors (Lipinski definition) is 2. The van der Waals surface area contributed by atoms with Crippen LogP contribution in [0, 0.1) is 30.1 Å². The SMILES string of the molecule is C#CCOc1ccccc1CNCC1CC2CCC1C2. The van der Waals surface area contributed by atoms with Crippen molar-refractivity contribution in [3.8, 4) is 18.1 Å². The summed E-state index contributed by atoms with van der Waals surface area (Å²) in [5.74, 6) is 6.34. The zero-order chi connectivity index (χ0) is 13.8. The monoisotopic (exact) mass is 269 g/mol. The van der Waals surface area contributed by atoms with Crippen LogP contribution in [0.4, 0.5) is 0 Å². The highest BCUT2D eigenvalue weighted by atomic mass is 16.5. The van der Waals surface area contributed by atoms with Gasteiger partial charge in [-0.2, -0.15) is 0 Å². The van der Waals surface area contributed by atoms with E-state index in [0.717, 1.165) is 36.6 Å². The Balaban J connectivity index is 1.50. The zero-order valence-electron chi connectivity index (χ0n) is 12.0.